The van der Waals surface area contributed by atoms with Crippen LogP contribution in [0.2, 0.25) is 0 Å². The van der Waals surface area contributed by atoms with Gasteiger partial charge in [-0.25, -0.2) is 19.7 Å². The molecule has 0 unspecified atom stereocenters. The molecule has 3 aromatic heterocycles. The minimum atomic E-state index is -0.445. The molecule has 1 aliphatic heterocycles. The summed E-state index contributed by atoms with van der Waals surface area (Å²) in [6.45, 7) is 9.89. The number of carbonyl (C=O) groups is 1. The molecule has 0 radical (unpaired) electrons. The van der Waals surface area contributed by atoms with Crippen molar-refractivity contribution in [2.24, 2.45) is 7.05 Å². The van der Waals surface area contributed by atoms with Crippen LogP contribution in [0.4, 0.5) is 22.1 Å². The first-order valence-electron chi connectivity index (χ1n) is 15.0. The number of hydrogen-bond donors (Lipinski definition) is 4. The Morgan fingerprint density at radius 2 is 1.78 bits per heavy atom. The van der Waals surface area contributed by atoms with Crippen molar-refractivity contribution < 1.29 is 4.79 Å². The molecule has 0 saturated carbocycles. The first-order chi connectivity index (χ1) is 21.5. The number of aryl methyl sites for hydroxylation is 2. The van der Waals surface area contributed by atoms with Crippen LogP contribution in [0.1, 0.15) is 43.3 Å². The van der Waals surface area contributed by atoms with E-state index in [4.69, 9.17) is 4.98 Å². The van der Waals surface area contributed by atoms with Gasteiger partial charge in [-0.3, -0.25) is 9.36 Å². The quantitative estimate of drug-likeness (QED) is 0.210. The number of amides is 2. The second-order valence-corrected chi connectivity index (χ2v) is 12.4. The van der Waals surface area contributed by atoms with Gasteiger partial charge < -0.3 is 21.3 Å². The van der Waals surface area contributed by atoms with E-state index in [0.29, 0.717) is 45.6 Å². The SMILES string of the molecule is CNc1ncc2cc(-c3cc(NC(=O)Nc4cnc(C(C)(C)C)nc4-c4ccc5c(c4)CCNC5)ccc3C)c(=O)n(C)c2n1. The van der Waals surface area contributed by atoms with Gasteiger partial charge in [0.05, 0.1) is 17.6 Å². The summed E-state index contributed by atoms with van der Waals surface area (Å²) in [5.74, 6) is 1.12. The second kappa shape index (κ2) is 11.7. The van der Waals surface area contributed by atoms with Gasteiger partial charge in [-0.15, -0.1) is 0 Å². The maximum atomic E-state index is 13.4. The Labute approximate surface area is 261 Å². The summed E-state index contributed by atoms with van der Waals surface area (Å²) in [6.07, 6.45) is 4.29. The minimum Gasteiger partial charge on any atom is -0.357 e. The number of nitrogens with zero attached hydrogens (tertiary/aromatic N) is 5. The zero-order valence-electron chi connectivity index (χ0n) is 26.4. The third kappa shape index (κ3) is 5.99. The van der Waals surface area contributed by atoms with Gasteiger partial charge in [0.2, 0.25) is 5.95 Å². The van der Waals surface area contributed by atoms with Gasteiger partial charge in [-0.2, -0.15) is 4.98 Å². The van der Waals surface area contributed by atoms with Crippen LogP contribution in [-0.4, -0.2) is 44.1 Å². The van der Waals surface area contributed by atoms with Gasteiger partial charge in [0.1, 0.15) is 11.5 Å². The summed E-state index contributed by atoms with van der Waals surface area (Å²) in [6, 6.07) is 13.2. The van der Waals surface area contributed by atoms with Crippen molar-refractivity contribution in [3.8, 4) is 22.4 Å². The van der Waals surface area contributed by atoms with Crippen LogP contribution in [0, 0.1) is 6.92 Å². The lowest BCUT2D eigenvalue weighted by atomic mass is 9.94. The van der Waals surface area contributed by atoms with Crippen molar-refractivity contribution in [1.82, 2.24) is 29.8 Å². The van der Waals surface area contributed by atoms with E-state index in [1.807, 2.05) is 25.1 Å². The topological polar surface area (TPSA) is 139 Å². The first-order valence-corrected chi connectivity index (χ1v) is 15.0. The summed E-state index contributed by atoms with van der Waals surface area (Å²) in [5, 5.41) is 12.9. The molecule has 2 amide bonds. The molecule has 1 aliphatic rings. The molecule has 0 aliphatic carbocycles. The zero-order valence-corrected chi connectivity index (χ0v) is 26.4. The molecular formula is C34H37N9O2. The third-order valence-electron chi connectivity index (χ3n) is 8.03. The van der Waals surface area contributed by atoms with E-state index in [1.165, 1.54) is 15.7 Å². The predicted octanol–water partition coefficient (Wildman–Crippen LogP) is 5.39. The molecule has 0 fully saturated rings. The lowest BCUT2D eigenvalue weighted by molar-refractivity contribution is 0.262. The Kier molecular flexibility index (Phi) is 7.80. The van der Waals surface area contributed by atoms with Gasteiger partial charge in [-0.05, 0) is 66.4 Å². The van der Waals surface area contributed by atoms with Crippen molar-refractivity contribution in [2.75, 3.05) is 29.5 Å². The fourth-order valence-electron chi connectivity index (χ4n) is 5.51. The van der Waals surface area contributed by atoms with Crippen molar-refractivity contribution in [2.45, 2.75) is 46.1 Å². The van der Waals surface area contributed by atoms with Gasteiger partial charge in [-0.1, -0.05) is 39.0 Å². The molecule has 0 spiro atoms. The van der Waals surface area contributed by atoms with Gasteiger partial charge in [0, 0.05) is 54.5 Å². The van der Waals surface area contributed by atoms with Crippen molar-refractivity contribution >= 4 is 34.4 Å². The van der Waals surface area contributed by atoms with Crippen LogP contribution in [0.3, 0.4) is 0 Å². The van der Waals surface area contributed by atoms with E-state index in [1.54, 1.807) is 38.6 Å². The Morgan fingerprint density at radius 3 is 2.56 bits per heavy atom. The maximum absolute atomic E-state index is 13.4. The lowest BCUT2D eigenvalue weighted by Gasteiger charge is -2.21. The largest absolute Gasteiger partial charge is 0.357 e. The number of carbonyl (C=O) groups excluding carboxylic acids is 1. The molecule has 0 atom stereocenters. The Morgan fingerprint density at radius 1 is 0.956 bits per heavy atom. The molecule has 230 valence electrons. The third-order valence-corrected chi connectivity index (χ3v) is 8.03. The fourth-order valence-corrected chi connectivity index (χ4v) is 5.51. The number of nitrogens with one attached hydrogen (secondary N) is 4. The number of rotatable bonds is 5. The molecule has 45 heavy (non-hydrogen) atoms. The molecular weight excluding hydrogens is 566 g/mol. The standard InChI is InChI=1S/C34H37N9O2/c1-19-7-10-24(15-25(19)26-14-23-17-38-32(35-5)42-29(23)43(6)30(26)44)39-33(45)40-27-18-37-31(34(2,3)4)41-28(27)21-8-9-22-16-36-12-11-20(22)13-21/h7-10,13-15,17-18,36H,11-12,16H2,1-6H3,(H,35,38,42)(H2,39,40,45). The van der Waals surface area contributed by atoms with Crippen LogP contribution in [0.15, 0.2) is 59.7 Å². The number of aromatic nitrogens is 5. The van der Waals surface area contributed by atoms with E-state index in [9.17, 15) is 9.59 Å². The average Bonchev–Trinajstić information content (AvgIpc) is 3.03. The van der Waals surface area contributed by atoms with Crippen LogP contribution < -0.4 is 26.8 Å². The molecule has 6 rings (SSSR count). The Hall–Kier alpha value is -5.16. The molecule has 11 nitrogen and oxygen atoms in total. The maximum Gasteiger partial charge on any atom is 0.323 e. The fraction of sp³-hybridized carbons (Fsp3) is 0.294. The number of pyridine rings is 1. The molecule has 0 bridgehead atoms. The van der Waals surface area contributed by atoms with E-state index in [-0.39, 0.29) is 11.0 Å². The highest BCUT2D eigenvalue weighted by molar-refractivity contribution is 6.02. The van der Waals surface area contributed by atoms with Crippen LogP contribution in [0.5, 0.6) is 0 Å². The summed E-state index contributed by atoms with van der Waals surface area (Å²) < 4.78 is 1.51. The normalized spacial score (nSPS) is 12.9. The predicted molar refractivity (Wildman–Crippen MR) is 179 cm³/mol. The number of anilines is 3. The molecule has 2 aromatic carbocycles. The smallest absolute Gasteiger partial charge is 0.323 e. The summed E-state index contributed by atoms with van der Waals surface area (Å²) >= 11 is 0. The van der Waals surface area contributed by atoms with Crippen molar-refractivity contribution in [3.63, 3.8) is 0 Å². The number of hydrogen-bond acceptors (Lipinski definition) is 8. The van der Waals surface area contributed by atoms with Crippen LogP contribution in [0.25, 0.3) is 33.4 Å². The number of benzene rings is 2. The Balaban J connectivity index is 1.31. The highest BCUT2D eigenvalue weighted by atomic mass is 16.2. The van der Waals surface area contributed by atoms with Crippen molar-refractivity contribution in [1.29, 1.82) is 0 Å². The van der Waals surface area contributed by atoms with E-state index in [0.717, 1.165) is 36.0 Å². The number of fused-ring (bicyclic) bond motifs is 2. The molecule has 11 heteroatoms. The minimum absolute atomic E-state index is 0.200. The first kappa shape index (κ1) is 29.9. The van der Waals surface area contributed by atoms with Crippen LogP contribution in [-0.2, 0) is 25.4 Å². The van der Waals surface area contributed by atoms with Gasteiger partial charge in [0.25, 0.3) is 5.56 Å². The van der Waals surface area contributed by atoms with Crippen LogP contribution >= 0.6 is 0 Å². The lowest BCUT2D eigenvalue weighted by Crippen LogP contribution is -2.24. The molecule has 4 N–H and O–H groups in total. The summed E-state index contributed by atoms with van der Waals surface area (Å²) in [4.78, 5) is 45.1. The average molecular weight is 604 g/mol. The zero-order chi connectivity index (χ0) is 31.9. The van der Waals surface area contributed by atoms with Crippen molar-refractivity contribution in [3.05, 3.63) is 87.7 Å². The Bertz CT molecular complexity index is 2010. The second-order valence-electron chi connectivity index (χ2n) is 12.4. The molecule has 0 saturated heterocycles. The van der Waals surface area contributed by atoms with E-state index < -0.39 is 6.03 Å². The number of urea groups is 1. The molecule has 4 heterocycles. The van der Waals surface area contributed by atoms with E-state index >= 15 is 0 Å². The molecule has 5 aromatic rings. The monoisotopic (exact) mass is 603 g/mol. The van der Waals surface area contributed by atoms with E-state index in [2.05, 4.69) is 69.1 Å². The summed E-state index contributed by atoms with van der Waals surface area (Å²) in [5.41, 5.74) is 7.32. The summed E-state index contributed by atoms with van der Waals surface area (Å²) in [7, 11) is 3.42. The highest BCUT2D eigenvalue weighted by Gasteiger charge is 2.22. The van der Waals surface area contributed by atoms with Gasteiger partial charge >= 0.3 is 6.03 Å². The van der Waals surface area contributed by atoms with Gasteiger partial charge in [0.15, 0.2) is 0 Å². The highest BCUT2D eigenvalue weighted by Crippen LogP contribution is 2.32.